The lowest BCUT2D eigenvalue weighted by Crippen LogP contribution is -2.24. The summed E-state index contributed by atoms with van der Waals surface area (Å²) in [7, 11) is 1.84. The zero-order valence-corrected chi connectivity index (χ0v) is 10.9. The second-order valence-electron chi connectivity index (χ2n) is 4.87. The molecule has 0 saturated carbocycles. The molecule has 0 spiro atoms. The molecule has 90 valence electrons. The predicted molar refractivity (Wildman–Crippen MR) is 68.2 cm³/mol. The van der Waals surface area contributed by atoms with Gasteiger partial charge < -0.3 is 4.90 Å². The molecule has 1 rings (SSSR count). The van der Waals surface area contributed by atoms with Crippen LogP contribution in [-0.2, 0) is 4.79 Å². The molecule has 1 amide bonds. The second-order valence-corrected chi connectivity index (χ2v) is 4.87. The first-order valence-electron chi connectivity index (χ1n) is 6.04. The fraction of sp³-hybridized carbons (Fsp3) is 0.643. The molecule has 0 aromatic carbocycles. The van der Waals surface area contributed by atoms with Crippen LogP contribution in [0.3, 0.4) is 0 Å². The monoisotopic (exact) mass is 221 g/mol. The van der Waals surface area contributed by atoms with Gasteiger partial charge in [0.25, 0.3) is 0 Å². The molecule has 0 aromatic rings. The molecule has 0 radical (unpaired) electrons. The summed E-state index contributed by atoms with van der Waals surface area (Å²) in [5, 5.41) is 0. The first kappa shape index (κ1) is 13.0. The Morgan fingerprint density at radius 2 is 2.25 bits per heavy atom. The Kier molecular flexibility index (Phi) is 4.78. The number of rotatable bonds is 3. The van der Waals surface area contributed by atoms with Crippen LogP contribution in [0.5, 0.6) is 0 Å². The van der Waals surface area contributed by atoms with Gasteiger partial charge in [-0.3, -0.25) is 4.79 Å². The Hall–Kier alpha value is -1.05. The Balaban J connectivity index is 2.48. The van der Waals surface area contributed by atoms with Gasteiger partial charge in [0.1, 0.15) is 0 Å². The molecule has 1 atom stereocenters. The van der Waals surface area contributed by atoms with Gasteiger partial charge in [-0.1, -0.05) is 23.3 Å². The van der Waals surface area contributed by atoms with Crippen LogP contribution >= 0.6 is 0 Å². The van der Waals surface area contributed by atoms with Crippen molar-refractivity contribution < 1.29 is 4.79 Å². The van der Waals surface area contributed by atoms with E-state index in [1.54, 1.807) is 11.8 Å². The minimum Gasteiger partial charge on any atom is -0.342 e. The van der Waals surface area contributed by atoms with E-state index in [-0.39, 0.29) is 5.91 Å². The summed E-state index contributed by atoms with van der Waals surface area (Å²) in [6.45, 7) is 6.74. The lowest BCUT2D eigenvalue weighted by Gasteiger charge is -2.22. The van der Waals surface area contributed by atoms with Crippen molar-refractivity contribution in [2.24, 2.45) is 5.92 Å². The molecule has 0 heterocycles. The van der Waals surface area contributed by atoms with Gasteiger partial charge >= 0.3 is 0 Å². The van der Waals surface area contributed by atoms with Crippen LogP contribution in [-0.4, -0.2) is 24.4 Å². The van der Waals surface area contributed by atoms with E-state index in [0.29, 0.717) is 5.92 Å². The standard InChI is InChI=1S/C14H23NO/c1-11-5-7-14(8-6-11)12(2)9-10-15(4)13(3)16/h5,9,14H,6-8,10H2,1-4H3. The Morgan fingerprint density at radius 1 is 1.56 bits per heavy atom. The van der Waals surface area contributed by atoms with E-state index in [0.717, 1.165) is 13.0 Å². The van der Waals surface area contributed by atoms with Gasteiger partial charge in [0, 0.05) is 20.5 Å². The highest BCUT2D eigenvalue weighted by Crippen LogP contribution is 2.28. The van der Waals surface area contributed by atoms with Gasteiger partial charge in [0.2, 0.25) is 5.91 Å². The van der Waals surface area contributed by atoms with Crippen LogP contribution in [0.25, 0.3) is 0 Å². The fourth-order valence-corrected chi connectivity index (χ4v) is 1.95. The van der Waals surface area contributed by atoms with Gasteiger partial charge in [-0.25, -0.2) is 0 Å². The molecule has 1 unspecified atom stereocenters. The zero-order valence-electron chi connectivity index (χ0n) is 10.9. The average Bonchev–Trinajstić information content (AvgIpc) is 2.26. The van der Waals surface area contributed by atoms with Crippen molar-refractivity contribution in [1.29, 1.82) is 0 Å². The predicted octanol–water partition coefficient (Wildman–Crippen LogP) is 3.16. The van der Waals surface area contributed by atoms with Crippen LogP contribution < -0.4 is 0 Å². The van der Waals surface area contributed by atoms with Crippen LogP contribution in [0, 0.1) is 5.92 Å². The maximum Gasteiger partial charge on any atom is 0.219 e. The van der Waals surface area contributed by atoms with E-state index < -0.39 is 0 Å². The zero-order chi connectivity index (χ0) is 12.1. The van der Waals surface area contributed by atoms with Gasteiger partial charge in [0.05, 0.1) is 0 Å². The highest BCUT2D eigenvalue weighted by Gasteiger charge is 2.13. The van der Waals surface area contributed by atoms with E-state index >= 15 is 0 Å². The van der Waals surface area contributed by atoms with Gasteiger partial charge in [-0.15, -0.1) is 0 Å². The summed E-state index contributed by atoms with van der Waals surface area (Å²) in [4.78, 5) is 12.8. The quantitative estimate of drug-likeness (QED) is 0.670. The van der Waals surface area contributed by atoms with Crippen molar-refractivity contribution >= 4 is 5.91 Å². The Bertz CT molecular complexity index is 315. The number of carbonyl (C=O) groups excluding carboxylic acids is 1. The van der Waals surface area contributed by atoms with Gasteiger partial charge in [0.15, 0.2) is 0 Å². The number of allylic oxidation sites excluding steroid dienone is 3. The third kappa shape index (κ3) is 3.84. The van der Waals surface area contributed by atoms with Gasteiger partial charge in [-0.05, 0) is 39.0 Å². The molecule has 16 heavy (non-hydrogen) atoms. The largest absolute Gasteiger partial charge is 0.342 e. The Morgan fingerprint density at radius 3 is 2.75 bits per heavy atom. The highest BCUT2D eigenvalue weighted by atomic mass is 16.2. The molecular weight excluding hydrogens is 198 g/mol. The van der Waals surface area contributed by atoms with E-state index in [2.05, 4.69) is 26.0 Å². The maximum atomic E-state index is 11.1. The summed E-state index contributed by atoms with van der Waals surface area (Å²) in [5.41, 5.74) is 2.95. The number of nitrogens with zero attached hydrogens (tertiary/aromatic N) is 1. The molecule has 0 saturated heterocycles. The van der Waals surface area contributed by atoms with E-state index in [4.69, 9.17) is 0 Å². The first-order chi connectivity index (χ1) is 7.50. The summed E-state index contributed by atoms with van der Waals surface area (Å²) in [6.07, 6.45) is 8.19. The van der Waals surface area contributed by atoms with Crippen molar-refractivity contribution in [1.82, 2.24) is 4.90 Å². The lowest BCUT2D eigenvalue weighted by molar-refractivity contribution is -0.127. The lowest BCUT2D eigenvalue weighted by atomic mass is 9.85. The molecule has 2 nitrogen and oxygen atoms in total. The first-order valence-corrected chi connectivity index (χ1v) is 6.04. The topological polar surface area (TPSA) is 20.3 Å². The number of carbonyl (C=O) groups is 1. The molecule has 0 aromatic heterocycles. The summed E-state index contributed by atoms with van der Waals surface area (Å²) in [6, 6.07) is 0. The molecular formula is C14H23NO. The van der Waals surface area contributed by atoms with Crippen molar-refractivity contribution in [3.05, 3.63) is 23.3 Å². The van der Waals surface area contributed by atoms with Crippen molar-refractivity contribution in [2.45, 2.75) is 40.0 Å². The average molecular weight is 221 g/mol. The minimum atomic E-state index is 0.128. The number of likely N-dealkylation sites (N-methyl/N-ethyl adjacent to an activating group) is 1. The van der Waals surface area contributed by atoms with Crippen molar-refractivity contribution in [3.63, 3.8) is 0 Å². The van der Waals surface area contributed by atoms with Crippen LogP contribution in [0.4, 0.5) is 0 Å². The molecule has 0 fully saturated rings. The maximum absolute atomic E-state index is 11.1. The van der Waals surface area contributed by atoms with Crippen LogP contribution in [0.15, 0.2) is 23.3 Å². The highest BCUT2D eigenvalue weighted by molar-refractivity contribution is 5.72. The molecule has 2 heteroatoms. The summed E-state index contributed by atoms with van der Waals surface area (Å²) >= 11 is 0. The van der Waals surface area contributed by atoms with Gasteiger partial charge in [-0.2, -0.15) is 0 Å². The molecule has 1 aliphatic rings. The molecule has 0 bridgehead atoms. The number of amides is 1. The van der Waals surface area contributed by atoms with Crippen LogP contribution in [0.1, 0.15) is 40.0 Å². The fourth-order valence-electron chi connectivity index (χ4n) is 1.95. The Labute approximate surface area is 99.0 Å². The van der Waals surface area contributed by atoms with Crippen molar-refractivity contribution in [2.75, 3.05) is 13.6 Å². The SMILES string of the molecule is CC(=O)N(C)CC=C(C)C1CC=C(C)CC1. The molecule has 0 aliphatic heterocycles. The van der Waals surface area contributed by atoms with E-state index in [1.165, 1.54) is 24.0 Å². The number of hydrogen-bond donors (Lipinski definition) is 0. The summed E-state index contributed by atoms with van der Waals surface area (Å²) in [5.74, 6) is 0.812. The van der Waals surface area contributed by atoms with Crippen molar-refractivity contribution in [3.8, 4) is 0 Å². The summed E-state index contributed by atoms with van der Waals surface area (Å²) < 4.78 is 0. The van der Waals surface area contributed by atoms with E-state index in [1.807, 2.05) is 7.05 Å². The third-order valence-corrected chi connectivity index (χ3v) is 3.51. The molecule has 0 N–H and O–H groups in total. The minimum absolute atomic E-state index is 0.128. The molecule has 1 aliphatic carbocycles. The normalized spacial score (nSPS) is 21.6. The van der Waals surface area contributed by atoms with Crippen LogP contribution in [0.2, 0.25) is 0 Å². The smallest absolute Gasteiger partial charge is 0.219 e. The second kappa shape index (κ2) is 5.88. The number of hydrogen-bond acceptors (Lipinski definition) is 1. The third-order valence-electron chi connectivity index (χ3n) is 3.51. The van der Waals surface area contributed by atoms with E-state index in [9.17, 15) is 4.79 Å².